The number of amides is 3. The summed E-state index contributed by atoms with van der Waals surface area (Å²) in [6.45, 7) is 2.12. The SMILES string of the molecule is BC(=O)N1CC(Oc2cc(-n3cccn3)nc3cc(OC)ccc23)C[C@H]1C(=O)N[C@@H](CCC)C(O)C(=O)NC1CC1. The second kappa shape index (κ2) is 12.2. The molecule has 5 rings (SSSR count). The van der Waals surface area contributed by atoms with Crippen molar-refractivity contribution in [1.82, 2.24) is 30.3 Å². The predicted molar refractivity (Wildman–Crippen MR) is 153 cm³/mol. The molecule has 0 radical (unpaired) electrons. The van der Waals surface area contributed by atoms with Crippen molar-refractivity contribution in [2.75, 3.05) is 13.7 Å². The predicted octanol–water partition coefficient (Wildman–Crippen LogP) is 0.928. The summed E-state index contributed by atoms with van der Waals surface area (Å²) < 4.78 is 13.4. The third-order valence-electron chi connectivity index (χ3n) is 7.47. The van der Waals surface area contributed by atoms with Gasteiger partial charge in [-0.25, -0.2) is 9.67 Å². The minimum absolute atomic E-state index is 0.0928. The van der Waals surface area contributed by atoms with E-state index in [9.17, 15) is 19.5 Å². The molecule has 3 N–H and O–H groups in total. The molecule has 41 heavy (non-hydrogen) atoms. The summed E-state index contributed by atoms with van der Waals surface area (Å²) in [4.78, 5) is 44.7. The van der Waals surface area contributed by atoms with Crippen molar-refractivity contribution in [3.05, 3.63) is 42.7 Å². The number of benzene rings is 1. The first kappa shape index (κ1) is 28.4. The fraction of sp³-hybridized carbons (Fsp3) is 0.464. The van der Waals surface area contributed by atoms with Gasteiger partial charge < -0.3 is 30.1 Å². The number of fused-ring (bicyclic) bond motifs is 1. The van der Waals surface area contributed by atoms with Crippen LogP contribution in [0.15, 0.2) is 42.7 Å². The van der Waals surface area contributed by atoms with Gasteiger partial charge in [0.15, 0.2) is 17.7 Å². The number of hydrogen-bond donors (Lipinski definition) is 3. The maximum atomic E-state index is 13.5. The largest absolute Gasteiger partial charge is 0.497 e. The van der Waals surface area contributed by atoms with Gasteiger partial charge in [-0.05, 0) is 37.5 Å². The van der Waals surface area contributed by atoms with Crippen LogP contribution in [-0.2, 0) is 9.59 Å². The van der Waals surface area contributed by atoms with Gasteiger partial charge >= 0.3 is 0 Å². The molecule has 4 atom stereocenters. The number of carbonyl (C=O) groups excluding carboxylic acids is 3. The summed E-state index contributed by atoms with van der Waals surface area (Å²) in [5.41, 5.74) is 0.643. The molecular formula is C28H35BN6O6. The van der Waals surface area contributed by atoms with Crippen molar-refractivity contribution >= 4 is 36.4 Å². The molecule has 0 spiro atoms. The highest BCUT2D eigenvalue weighted by Gasteiger charge is 2.41. The minimum Gasteiger partial charge on any atom is -0.497 e. The lowest BCUT2D eigenvalue weighted by atomic mass is 10.0. The lowest BCUT2D eigenvalue weighted by Crippen LogP contribution is -2.55. The van der Waals surface area contributed by atoms with Gasteiger partial charge in [-0.15, -0.1) is 0 Å². The minimum atomic E-state index is -1.38. The highest BCUT2D eigenvalue weighted by Crippen LogP contribution is 2.32. The van der Waals surface area contributed by atoms with Crippen LogP contribution < -0.4 is 20.1 Å². The second-order valence-electron chi connectivity index (χ2n) is 10.6. The standard InChI is InChI=1S/C28H35BN6O6/c1-3-5-20(25(36)27(38)31-16-6-7-16)33-26(37)22-13-18(15-34(22)28(29)39)41-23-14-24(35-11-4-10-30-35)32-21-12-17(40-2)8-9-19(21)23/h4,8-12,14,16,18,20,22,25,36H,3,5-7,13,15,29H2,1-2H3,(H,31,38)(H,33,37)/t18?,20-,22-,25?/m0/s1. The maximum absolute atomic E-state index is 13.5. The first-order valence-corrected chi connectivity index (χ1v) is 14.0. The van der Waals surface area contributed by atoms with Crippen LogP contribution in [0, 0.1) is 0 Å². The summed E-state index contributed by atoms with van der Waals surface area (Å²) in [5, 5.41) is 21.3. The molecule has 2 aromatic heterocycles. The van der Waals surface area contributed by atoms with E-state index in [0.717, 1.165) is 18.2 Å². The molecular weight excluding hydrogens is 527 g/mol. The summed E-state index contributed by atoms with van der Waals surface area (Å²) in [6.07, 6.45) is 4.67. The molecule has 216 valence electrons. The van der Waals surface area contributed by atoms with Crippen LogP contribution >= 0.6 is 0 Å². The molecule has 3 aromatic rings. The van der Waals surface area contributed by atoms with E-state index in [1.54, 1.807) is 42.4 Å². The van der Waals surface area contributed by atoms with Crippen molar-refractivity contribution in [3.63, 3.8) is 0 Å². The Hall–Kier alpha value is -4.13. The molecule has 1 aromatic carbocycles. The molecule has 1 aliphatic carbocycles. The Kier molecular flexibility index (Phi) is 8.43. The Bertz CT molecular complexity index is 1410. The van der Waals surface area contributed by atoms with E-state index >= 15 is 0 Å². The van der Waals surface area contributed by atoms with Gasteiger partial charge in [0.2, 0.25) is 13.8 Å². The third-order valence-corrected chi connectivity index (χ3v) is 7.47. The molecule has 2 unspecified atom stereocenters. The average molecular weight is 562 g/mol. The van der Waals surface area contributed by atoms with Crippen LogP contribution in [-0.4, -0.2) is 94.2 Å². The van der Waals surface area contributed by atoms with Crippen molar-refractivity contribution in [1.29, 1.82) is 0 Å². The summed E-state index contributed by atoms with van der Waals surface area (Å²) in [7, 11) is 2.99. The average Bonchev–Trinajstić information content (AvgIpc) is 3.42. The van der Waals surface area contributed by atoms with E-state index < -0.39 is 36.1 Å². The number of aromatic nitrogens is 3. The number of pyridine rings is 1. The Morgan fingerprint density at radius 1 is 1.24 bits per heavy atom. The molecule has 1 saturated carbocycles. The molecule has 2 fully saturated rings. The molecule has 3 heterocycles. The number of carbonyl (C=O) groups is 3. The van der Waals surface area contributed by atoms with Crippen molar-refractivity contribution in [2.45, 2.75) is 69.4 Å². The molecule has 1 saturated heterocycles. The van der Waals surface area contributed by atoms with Crippen LogP contribution in [0.3, 0.4) is 0 Å². The van der Waals surface area contributed by atoms with Gasteiger partial charge in [0, 0.05) is 42.4 Å². The first-order chi connectivity index (χ1) is 19.8. The third kappa shape index (κ3) is 6.45. The zero-order valence-electron chi connectivity index (χ0n) is 23.4. The van der Waals surface area contributed by atoms with Crippen LogP contribution in [0.2, 0.25) is 0 Å². The molecule has 12 nitrogen and oxygen atoms in total. The molecule has 0 bridgehead atoms. The fourth-order valence-corrected chi connectivity index (χ4v) is 5.16. The Morgan fingerprint density at radius 2 is 2.05 bits per heavy atom. The van der Waals surface area contributed by atoms with Gasteiger partial charge in [-0.1, -0.05) is 13.3 Å². The monoisotopic (exact) mass is 562 g/mol. The number of hydrogen-bond acceptors (Lipinski definition) is 8. The van der Waals surface area contributed by atoms with Gasteiger partial charge in [0.05, 0.1) is 25.2 Å². The molecule has 13 heteroatoms. The smallest absolute Gasteiger partial charge is 0.251 e. The van der Waals surface area contributed by atoms with Gasteiger partial charge in [-0.3, -0.25) is 14.4 Å². The lowest BCUT2D eigenvalue weighted by Gasteiger charge is -2.27. The normalized spacial score (nSPS) is 19.9. The summed E-state index contributed by atoms with van der Waals surface area (Å²) in [6, 6.07) is 7.56. The van der Waals surface area contributed by atoms with E-state index in [1.807, 2.05) is 19.1 Å². The Balaban J connectivity index is 1.35. The molecule has 3 amide bonds. The van der Waals surface area contributed by atoms with Gasteiger partial charge in [0.1, 0.15) is 23.6 Å². The number of likely N-dealkylation sites (tertiary alicyclic amines) is 1. The number of nitrogens with zero attached hydrogens (tertiary/aromatic N) is 4. The van der Waals surface area contributed by atoms with Gasteiger partial charge in [0.25, 0.3) is 5.91 Å². The molecule has 2 aliphatic rings. The van der Waals surface area contributed by atoms with E-state index in [1.165, 1.54) is 12.7 Å². The number of aliphatic hydroxyl groups is 1. The summed E-state index contributed by atoms with van der Waals surface area (Å²) >= 11 is 0. The van der Waals surface area contributed by atoms with Crippen LogP contribution in [0.25, 0.3) is 16.7 Å². The van der Waals surface area contributed by atoms with Crippen LogP contribution in [0.5, 0.6) is 11.5 Å². The maximum Gasteiger partial charge on any atom is 0.251 e. The number of ether oxygens (including phenoxy) is 2. The highest BCUT2D eigenvalue weighted by molar-refractivity contribution is 6.57. The number of rotatable bonds is 11. The van der Waals surface area contributed by atoms with E-state index in [0.29, 0.717) is 35.7 Å². The highest BCUT2D eigenvalue weighted by atomic mass is 16.5. The molecule has 1 aliphatic heterocycles. The number of nitrogens with one attached hydrogen (secondary N) is 2. The van der Waals surface area contributed by atoms with Crippen molar-refractivity contribution in [2.24, 2.45) is 0 Å². The second-order valence-corrected chi connectivity index (χ2v) is 10.6. The number of aliphatic hydroxyl groups excluding tert-OH is 1. The van der Waals surface area contributed by atoms with E-state index in [4.69, 9.17) is 14.5 Å². The zero-order valence-corrected chi connectivity index (χ0v) is 23.4. The van der Waals surface area contributed by atoms with E-state index in [2.05, 4.69) is 15.7 Å². The Morgan fingerprint density at radius 3 is 2.71 bits per heavy atom. The van der Waals surface area contributed by atoms with Crippen LogP contribution in [0.1, 0.15) is 39.0 Å². The first-order valence-electron chi connectivity index (χ1n) is 14.0. The zero-order chi connectivity index (χ0) is 29.1. The topological polar surface area (TPSA) is 148 Å². The van der Waals surface area contributed by atoms with E-state index in [-0.39, 0.29) is 24.8 Å². The fourth-order valence-electron chi connectivity index (χ4n) is 5.16. The van der Waals surface area contributed by atoms with Crippen molar-refractivity contribution < 1.29 is 29.0 Å². The quantitative estimate of drug-likeness (QED) is 0.293. The Labute approximate surface area is 238 Å². The van der Waals surface area contributed by atoms with Gasteiger partial charge in [-0.2, -0.15) is 5.10 Å². The van der Waals surface area contributed by atoms with Crippen molar-refractivity contribution in [3.8, 4) is 17.3 Å². The summed E-state index contributed by atoms with van der Waals surface area (Å²) in [5.74, 6) is 0.539. The lowest BCUT2D eigenvalue weighted by molar-refractivity contribution is -0.133. The number of methoxy groups -OCH3 is 1. The van der Waals surface area contributed by atoms with Crippen LogP contribution in [0.4, 0.5) is 4.79 Å².